The van der Waals surface area contributed by atoms with E-state index >= 15 is 0 Å². The number of aromatic nitrogens is 2. The van der Waals surface area contributed by atoms with E-state index in [0.29, 0.717) is 23.9 Å². The third-order valence-corrected chi connectivity index (χ3v) is 7.65. The Kier molecular flexibility index (Phi) is 8.46. The van der Waals surface area contributed by atoms with E-state index in [4.69, 9.17) is 21.1 Å². The summed E-state index contributed by atoms with van der Waals surface area (Å²) in [6, 6.07) is 7.83. The van der Waals surface area contributed by atoms with Crippen molar-refractivity contribution in [1.82, 2.24) is 25.1 Å². The molecule has 1 aromatic heterocycles. The molecule has 1 saturated heterocycles. The Labute approximate surface area is 245 Å². The largest absolute Gasteiger partial charge is 0.495 e. The van der Waals surface area contributed by atoms with Crippen molar-refractivity contribution >= 4 is 29.1 Å². The number of likely N-dealkylation sites (tertiary alicyclic amines) is 1. The van der Waals surface area contributed by atoms with Gasteiger partial charge in [-0.2, -0.15) is 18.2 Å². The number of ether oxygens (including phenoxy) is 2. The van der Waals surface area contributed by atoms with Crippen LogP contribution in [0.4, 0.5) is 24.8 Å². The first-order valence-electron chi connectivity index (χ1n) is 13.2. The number of rotatable bonds is 8. The van der Waals surface area contributed by atoms with Crippen LogP contribution in [0.1, 0.15) is 46.1 Å². The van der Waals surface area contributed by atoms with E-state index in [9.17, 15) is 23.1 Å². The number of hydrogen-bond donors (Lipinski definition) is 3. The molecule has 5 rings (SSSR count). The van der Waals surface area contributed by atoms with Gasteiger partial charge in [0.25, 0.3) is 5.91 Å². The number of nitrogens with one attached hydrogen (secondary N) is 2. The lowest BCUT2D eigenvalue weighted by Crippen LogP contribution is -2.42. The van der Waals surface area contributed by atoms with E-state index in [2.05, 4.69) is 25.5 Å². The smallest absolute Gasteiger partial charge is 0.423 e. The predicted molar refractivity (Wildman–Crippen MR) is 149 cm³/mol. The summed E-state index contributed by atoms with van der Waals surface area (Å²) in [6.45, 7) is 2.12. The first-order chi connectivity index (χ1) is 19.9. The second-order valence-corrected chi connectivity index (χ2v) is 10.7. The second kappa shape index (κ2) is 11.9. The van der Waals surface area contributed by atoms with Crippen molar-refractivity contribution in [1.29, 1.82) is 0 Å². The first-order valence-corrected chi connectivity index (χ1v) is 13.6. The highest BCUT2D eigenvalue weighted by molar-refractivity contribution is 6.31. The fraction of sp³-hybridized carbons (Fsp3) is 0.393. The molecule has 3 heterocycles. The van der Waals surface area contributed by atoms with E-state index in [-0.39, 0.29) is 45.7 Å². The van der Waals surface area contributed by atoms with Gasteiger partial charge in [-0.05, 0) is 56.7 Å². The number of halogens is 4. The van der Waals surface area contributed by atoms with Gasteiger partial charge in [0.15, 0.2) is 0 Å². The molecule has 1 atom stereocenters. The van der Waals surface area contributed by atoms with Crippen molar-refractivity contribution < 1.29 is 32.5 Å². The first kappa shape index (κ1) is 29.8. The highest BCUT2D eigenvalue weighted by Crippen LogP contribution is 2.41. The topological polar surface area (TPSA) is 112 Å². The molecule has 2 aliphatic rings. The van der Waals surface area contributed by atoms with Crippen LogP contribution in [0.25, 0.3) is 0 Å². The van der Waals surface area contributed by atoms with Gasteiger partial charge in [0.1, 0.15) is 23.3 Å². The number of carbonyl (C=O) groups excluding carboxylic acids is 1. The molecule has 3 aromatic rings. The molecule has 0 spiro atoms. The Bertz CT molecular complexity index is 1480. The molecule has 224 valence electrons. The highest BCUT2D eigenvalue weighted by Gasteiger charge is 2.37. The van der Waals surface area contributed by atoms with Crippen molar-refractivity contribution in [2.24, 2.45) is 0 Å². The number of nitrogens with zero attached hydrogens (tertiary/aromatic N) is 4. The van der Waals surface area contributed by atoms with Gasteiger partial charge >= 0.3 is 6.18 Å². The van der Waals surface area contributed by atoms with E-state index in [1.807, 2.05) is 7.05 Å². The summed E-state index contributed by atoms with van der Waals surface area (Å²) in [7, 11) is 5.04. The molecule has 2 aliphatic heterocycles. The van der Waals surface area contributed by atoms with Crippen LogP contribution in [0.5, 0.6) is 17.4 Å². The average Bonchev–Trinajstić information content (AvgIpc) is 3.23. The quantitative estimate of drug-likeness (QED) is 0.307. The fourth-order valence-corrected chi connectivity index (χ4v) is 5.28. The minimum absolute atomic E-state index is 0.0481. The number of amides is 1. The van der Waals surface area contributed by atoms with E-state index in [1.54, 1.807) is 19.2 Å². The summed E-state index contributed by atoms with van der Waals surface area (Å²) in [4.78, 5) is 24.1. The molecule has 14 heteroatoms. The maximum Gasteiger partial charge on any atom is 0.423 e. The number of alkyl halides is 3. The normalized spacial score (nSPS) is 16.9. The highest BCUT2D eigenvalue weighted by atomic mass is 35.5. The molecule has 42 heavy (non-hydrogen) atoms. The van der Waals surface area contributed by atoms with Crippen LogP contribution >= 0.6 is 11.6 Å². The average molecular weight is 607 g/mol. The lowest BCUT2D eigenvalue weighted by molar-refractivity contribution is -0.139. The molecular weight excluding hydrogens is 577 g/mol. The second-order valence-electron chi connectivity index (χ2n) is 10.3. The summed E-state index contributed by atoms with van der Waals surface area (Å²) in [5, 5.41) is 17.1. The molecule has 1 amide bonds. The fourth-order valence-electron chi connectivity index (χ4n) is 5.01. The van der Waals surface area contributed by atoms with Crippen molar-refractivity contribution in [3.05, 3.63) is 63.8 Å². The monoisotopic (exact) mass is 606 g/mol. The number of benzene rings is 2. The van der Waals surface area contributed by atoms with Crippen molar-refractivity contribution in [2.75, 3.05) is 39.6 Å². The minimum Gasteiger partial charge on any atom is -0.495 e. The number of fused-ring (bicyclic) bond motifs is 1. The summed E-state index contributed by atoms with van der Waals surface area (Å²) < 4.78 is 52.7. The number of hydrogen-bond acceptors (Lipinski definition) is 9. The predicted octanol–water partition coefficient (Wildman–Crippen LogP) is 4.95. The van der Waals surface area contributed by atoms with Crippen LogP contribution in [-0.4, -0.2) is 71.1 Å². The minimum atomic E-state index is -4.83. The third-order valence-electron chi connectivity index (χ3n) is 7.32. The van der Waals surface area contributed by atoms with Crippen LogP contribution in [-0.2, 0) is 12.7 Å². The molecule has 0 aliphatic carbocycles. The summed E-state index contributed by atoms with van der Waals surface area (Å²) in [5.41, 5.74) is 0.224. The molecule has 2 aromatic carbocycles. The molecular formula is C28H30ClF3N6O4. The Balaban J connectivity index is 1.42. The maximum atomic E-state index is 13.9. The van der Waals surface area contributed by atoms with E-state index in [0.717, 1.165) is 25.9 Å². The van der Waals surface area contributed by atoms with Gasteiger partial charge in [-0.15, -0.1) is 0 Å². The Hall–Kier alpha value is -3.65. The van der Waals surface area contributed by atoms with Gasteiger partial charge in [0.2, 0.25) is 11.8 Å². The molecule has 0 radical (unpaired) electrons. The number of piperidine rings is 1. The summed E-state index contributed by atoms with van der Waals surface area (Å²) in [6.07, 6.45) is -3.56. The van der Waals surface area contributed by atoms with Crippen LogP contribution in [0.15, 0.2) is 36.5 Å². The molecule has 1 fully saturated rings. The van der Waals surface area contributed by atoms with Gasteiger partial charge in [-0.3, -0.25) is 10.1 Å². The molecule has 0 bridgehead atoms. The van der Waals surface area contributed by atoms with Gasteiger partial charge < -0.3 is 29.7 Å². The lowest BCUT2D eigenvalue weighted by Gasteiger charge is -2.31. The van der Waals surface area contributed by atoms with E-state index < -0.39 is 23.8 Å². The third kappa shape index (κ3) is 6.24. The Morgan fingerprint density at radius 1 is 1.17 bits per heavy atom. The summed E-state index contributed by atoms with van der Waals surface area (Å²) >= 11 is 6.51. The number of carbonyl (C=O) groups is 1. The van der Waals surface area contributed by atoms with Gasteiger partial charge in [0.05, 0.1) is 23.4 Å². The zero-order valence-corrected chi connectivity index (χ0v) is 23.9. The number of methoxy groups -OCH3 is 1. The number of aliphatic hydroxyl groups is 1. The molecule has 0 saturated carbocycles. The van der Waals surface area contributed by atoms with Crippen molar-refractivity contribution in [3.63, 3.8) is 0 Å². The SMILES string of the molecule is COc1cc(C(O)NC2CCN(C)CC2)c(Cl)cc1Nc1ncc(C(F)(F)F)c(Oc2cccc3c2C(=O)N(C)C3)n1. The van der Waals surface area contributed by atoms with Crippen LogP contribution in [0.2, 0.25) is 5.02 Å². The zero-order valence-electron chi connectivity index (χ0n) is 23.1. The van der Waals surface area contributed by atoms with Crippen LogP contribution in [0.3, 0.4) is 0 Å². The van der Waals surface area contributed by atoms with Crippen LogP contribution < -0.4 is 20.1 Å². The number of anilines is 2. The van der Waals surface area contributed by atoms with Crippen LogP contribution in [0, 0.1) is 0 Å². The molecule has 10 nitrogen and oxygen atoms in total. The van der Waals surface area contributed by atoms with E-state index in [1.165, 1.54) is 30.2 Å². The number of aliphatic hydroxyl groups excluding tert-OH is 1. The Morgan fingerprint density at radius 2 is 1.90 bits per heavy atom. The molecule has 3 N–H and O–H groups in total. The van der Waals surface area contributed by atoms with Crippen molar-refractivity contribution in [3.8, 4) is 17.4 Å². The summed E-state index contributed by atoms with van der Waals surface area (Å²) in [5.74, 6) is -1.18. The Morgan fingerprint density at radius 3 is 2.60 bits per heavy atom. The van der Waals surface area contributed by atoms with Gasteiger partial charge in [-0.1, -0.05) is 23.7 Å². The lowest BCUT2D eigenvalue weighted by atomic mass is 10.0. The standard InChI is InChI=1S/C28H30ClF3N6O4/c1-37-9-7-16(8-10-37)34-24(39)17-11-22(41-3)20(12-19(17)29)35-27-33-13-18(28(30,31)32)25(36-27)42-21-6-4-5-15-14-38(2)26(40)23(15)21/h4-6,11-13,16,24,34,39H,7-10,14H2,1-3H3,(H,33,35,36). The van der Waals surface area contributed by atoms with Gasteiger partial charge in [0, 0.05) is 31.4 Å². The molecule has 1 unspecified atom stereocenters. The van der Waals surface area contributed by atoms with Gasteiger partial charge in [-0.25, -0.2) is 4.98 Å². The maximum absolute atomic E-state index is 13.9. The van der Waals surface area contributed by atoms with Crippen molar-refractivity contribution in [2.45, 2.75) is 37.8 Å². The zero-order chi connectivity index (χ0) is 30.2.